The molecule has 2 aromatic heterocycles. The van der Waals surface area contributed by atoms with Crippen molar-refractivity contribution >= 4 is 28.6 Å². The summed E-state index contributed by atoms with van der Waals surface area (Å²) in [5, 5.41) is 3.33. The highest BCUT2D eigenvalue weighted by Gasteiger charge is 1.99. The van der Waals surface area contributed by atoms with Gasteiger partial charge in [-0.1, -0.05) is 11.6 Å². The zero-order valence-electron chi connectivity index (χ0n) is 8.33. The van der Waals surface area contributed by atoms with Crippen molar-refractivity contribution in [1.29, 1.82) is 0 Å². The molecule has 2 aromatic rings. The van der Waals surface area contributed by atoms with Crippen LogP contribution < -0.4 is 5.32 Å². The summed E-state index contributed by atoms with van der Waals surface area (Å²) in [5.41, 5.74) is 2.27. The average Bonchev–Trinajstić information content (AvgIpc) is 2.63. The molecule has 0 aliphatic carbocycles. The van der Waals surface area contributed by atoms with Gasteiger partial charge in [-0.25, -0.2) is 0 Å². The van der Waals surface area contributed by atoms with Gasteiger partial charge in [0.15, 0.2) is 0 Å². The van der Waals surface area contributed by atoms with Crippen molar-refractivity contribution in [3.8, 4) is 0 Å². The van der Waals surface area contributed by atoms with E-state index in [1.165, 1.54) is 10.4 Å². The Morgan fingerprint density at radius 2 is 2.27 bits per heavy atom. The minimum atomic E-state index is 0.796. The van der Waals surface area contributed by atoms with E-state index in [0.717, 1.165) is 16.6 Å². The van der Waals surface area contributed by atoms with Gasteiger partial charge in [0.05, 0.1) is 16.2 Å². The van der Waals surface area contributed by atoms with Crippen LogP contribution in [0.15, 0.2) is 30.6 Å². The standard InChI is InChI=1S/C11H11ClN2S/c1-8-4-5-13-7-10(8)14-6-9-2-3-11(12)15-9/h2-5,7,14H,6H2,1H3. The molecular formula is C11H11ClN2S. The number of halogens is 1. The predicted octanol–water partition coefficient (Wildman–Crippen LogP) is 3.72. The van der Waals surface area contributed by atoms with Gasteiger partial charge in [0.1, 0.15) is 0 Å². The Kier molecular flexibility index (Phi) is 3.23. The van der Waals surface area contributed by atoms with E-state index < -0.39 is 0 Å². The molecule has 0 aliphatic heterocycles. The van der Waals surface area contributed by atoms with Crippen LogP contribution in [0.1, 0.15) is 10.4 Å². The second-order valence-electron chi connectivity index (χ2n) is 3.25. The molecule has 0 atom stereocenters. The number of hydrogen-bond acceptors (Lipinski definition) is 3. The Balaban J connectivity index is 2.02. The van der Waals surface area contributed by atoms with Gasteiger partial charge in [-0.3, -0.25) is 4.98 Å². The second-order valence-corrected chi connectivity index (χ2v) is 5.05. The van der Waals surface area contributed by atoms with Crippen molar-refractivity contribution < 1.29 is 0 Å². The van der Waals surface area contributed by atoms with E-state index in [-0.39, 0.29) is 0 Å². The topological polar surface area (TPSA) is 24.9 Å². The maximum atomic E-state index is 5.85. The van der Waals surface area contributed by atoms with Crippen molar-refractivity contribution in [2.24, 2.45) is 0 Å². The molecule has 0 unspecified atom stereocenters. The number of rotatable bonds is 3. The zero-order chi connectivity index (χ0) is 10.7. The molecule has 1 N–H and O–H groups in total. The van der Waals surface area contributed by atoms with E-state index in [1.54, 1.807) is 17.5 Å². The van der Waals surface area contributed by atoms with Gasteiger partial charge in [-0.15, -0.1) is 11.3 Å². The molecular weight excluding hydrogens is 228 g/mol. The summed E-state index contributed by atoms with van der Waals surface area (Å²) in [5.74, 6) is 0. The summed E-state index contributed by atoms with van der Waals surface area (Å²) in [6, 6.07) is 5.94. The van der Waals surface area contributed by atoms with Crippen LogP contribution in [0.4, 0.5) is 5.69 Å². The summed E-state index contributed by atoms with van der Waals surface area (Å²) in [4.78, 5) is 5.30. The maximum Gasteiger partial charge on any atom is 0.0931 e. The number of anilines is 1. The summed E-state index contributed by atoms with van der Waals surface area (Å²) >= 11 is 7.45. The first-order valence-corrected chi connectivity index (χ1v) is 5.84. The minimum absolute atomic E-state index is 0.796. The van der Waals surface area contributed by atoms with Crippen molar-refractivity contribution in [2.75, 3.05) is 5.32 Å². The highest BCUT2D eigenvalue weighted by atomic mass is 35.5. The van der Waals surface area contributed by atoms with Crippen molar-refractivity contribution in [3.05, 3.63) is 45.4 Å². The van der Waals surface area contributed by atoms with Crippen molar-refractivity contribution in [1.82, 2.24) is 4.98 Å². The number of aryl methyl sites for hydroxylation is 1. The molecule has 0 bridgehead atoms. The molecule has 0 fully saturated rings. The molecule has 0 aliphatic rings. The van der Waals surface area contributed by atoms with Gasteiger partial charge >= 0.3 is 0 Å². The third-order valence-electron chi connectivity index (χ3n) is 2.12. The van der Waals surface area contributed by atoms with Gasteiger partial charge in [0.2, 0.25) is 0 Å². The first-order valence-electron chi connectivity index (χ1n) is 4.64. The first-order chi connectivity index (χ1) is 7.25. The largest absolute Gasteiger partial charge is 0.379 e. The number of nitrogens with one attached hydrogen (secondary N) is 1. The third kappa shape index (κ3) is 2.70. The van der Waals surface area contributed by atoms with Crippen LogP contribution in [0.5, 0.6) is 0 Å². The molecule has 15 heavy (non-hydrogen) atoms. The van der Waals surface area contributed by atoms with Gasteiger partial charge in [-0.2, -0.15) is 0 Å². The molecule has 0 spiro atoms. The fourth-order valence-electron chi connectivity index (χ4n) is 1.28. The molecule has 0 saturated carbocycles. The van der Waals surface area contributed by atoms with E-state index in [2.05, 4.69) is 17.2 Å². The SMILES string of the molecule is Cc1ccncc1NCc1ccc(Cl)s1. The lowest BCUT2D eigenvalue weighted by Crippen LogP contribution is -1.99. The smallest absolute Gasteiger partial charge is 0.0931 e. The van der Waals surface area contributed by atoms with Crippen LogP contribution >= 0.6 is 22.9 Å². The molecule has 2 rings (SSSR count). The quantitative estimate of drug-likeness (QED) is 0.882. The van der Waals surface area contributed by atoms with Crippen LogP contribution in [0.3, 0.4) is 0 Å². The Labute approximate surface area is 97.9 Å². The highest BCUT2D eigenvalue weighted by Crippen LogP contribution is 2.22. The molecule has 4 heteroatoms. The van der Waals surface area contributed by atoms with E-state index in [1.807, 2.05) is 24.4 Å². The zero-order valence-corrected chi connectivity index (χ0v) is 9.90. The molecule has 0 aromatic carbocycles. The Bertz CT molecular complexity index is 453. The van der Waals surface area contributed by atoms with Gasteiger partial charge in [0, 0.05) is 17.6 Å². The summed E-state index contributed by atoms with van der Waals surface area (Å²) in [6.45, 7) is 2.86. The van der Waals surface area contributed by atoms with Crippen LogP contribution in [-0.2, 0) is 6.54 Å². The van der Waals surface area contributed by atoms with Crippen LogP contribution in [0.25, 0.3) is 0 Å². The lowest BCUT2D eigenvalue weighted by atomic mass is 10.2. The second kappa shape index (κ2) is 4.64. The lowest BCUT2D eigenvalue weighted by molar-refractivity contribution is 1.16. The van der Waals surface area contributed by atoms with Crippen LogP contribution in [0.2, 0.25) is 4.34 Å². The van der Waals surface area contributed by atoms with Crippen LogP contribution in [0, 0.1) is 6.92 Å². The van der Waals surface area contributed by atoms with E-state index in [4.69, 9.17) is 11.6 Å². The summed E-state index contributed by atoms with van der Waals surface area (Å²) < 4.78 is 0.828. The monoisotopic (exact) mass is 238 g/mol. The number of aromatic nitrogens is 1. The molecule has 2 nitrogen and oxygen atoms in total. The Morgan fingerprint density at radius 1 is 1.40 bits per heavy atom. The normalized spacial score (nSPS) is 10.3. The number of thiophene rings is 1. The highest BCUT2D eigenvalue weighted by molar-refractivity contribution is 7.16. The van der Waals surface area contributed by atoms with Gasteiger partial charge in [0.25, 0.3) is 0 Å². The van der Waals surface area contributed by atoms with E-state index in [9.17, 15) is 0 Å². The van der Waals surface area contributed by atoms with Crippen LogP contribution in [-0.4, -0.2) is 4.98 Å². The number of hydrogen-bond donors (Lipinski definition) is 1. The summed E-state index contributed by atoms with van der Waals surface area (Å²) in [6.07, 6.45) is 3.63. The van der Waals surface area contributed by atoms with Gasteiger partial charge < -0.3 is 5.32 Å². The molecule has 0 saturated heterocycles. The van der Waals surface area contributed by atoms with Crippen molar-refractivity contribution in [2.45, 2.75) is 13.5 Å². The number of pyridine rings is 1. The van der Waals surface area contributed by atoms with Crippen molar-refractivity contribution in [3.63, 3.8) is 0 Å². The Morgan fingerprint density at radius 3 is 2.93 bits per heavy atom. The molecule has 0 radical (unpaired) electrons. The average molecular weight is 239 g/mol. The van der Waals surface area contributed by atoms with E-state index in [0.29, 0.717) is 0 Å². The minimum Gasteiger partial charge on any atom is -0.379 e. The number of nitrogens with zero attached hydrogens (tertiary/aromatic N) is 1. The molecule has 0 amide bonds. The fraction of sp³-hybridized carbons (Fsp3) is 0.182. The Hall–Kier alpha value is -1.06. The van der Waals surface area contributed by atoms with Gasteiger partial charge in [-0.05, 0) is 30.7 Å². The first kappa shape index (κ1) is 10.5. The molecule has 2 heterocycles. The maximum absolute atomic E-state index is 5.85. The van der Waals surface area contributed by atoms with E-state index >= 15 is 0 Å². The molecule has 78 valence electrons. The third-order valence-corrected chi connectivity index (χ3v) is 3.35. The fourth-order valence-corrected chi connectivity index (χ4v) is 2.31. The summed E-state index contributed by atoms with van der Waals surface area (Å²) in [7, 11) is 0. The lowest BCUT2D eigenvalue weighted by Gasteiger charge is -2.06. The predicted molar refractivity (Wildman–Crippen MR) is 65.6 cm³/mol.